The van der Waals surface area contributed by atoms with Crippen molar-refractivity contribution in [3.05, 3.63) is 59.7 Å². The Labute approximate surface area is 147 Å². The lowest BCUT2D eigenvalue weighted by Crippen LogP contribution is -2.29. The molecule has 26 heavy (non-hydrogen) atoms. The van der Waals surface area contributed by atoms with Gasteiger partial charge in [0.2, 0.25) is 6.10 Å². The Morgan fingerprint density at radius 1 is 1.19 bits per heavy atom. The standard InChI is InChI=1S/C18H15F3N2O3/c1-25-15-9-5-2-6-11(15)14-10-16(26-23-14)17(24)22-13-8-4-3-7-12(13)18(19,20)21/h2-9,16H,10H2,1H3,(H,22,24)/t16-/m0/s1. The molecule has 136 valence electrons. The number of alkyl halides is 3. The summed E-state index contributed by atoms with van der Waals surface area (Å²) in [5.74, 6) is -0.131. The van der Waals surface area contributed by atoms with Gasteiger partial charge in [-0.05, 0) is 24.3 Å². The molecule has 8 heteroatoms. The zero-order chi connectivity index (χ0) is 18.7. The Morgan fingerprint density at radius 3 is 2.62 bits per heavy atom. The van der Waals surface area contributed by atoms with Crippen molar-refractivity contribution in [3.63, 3.8) is 0 Å². The quantitative estimate of drug-likeness (QED) is 0.897. The lowest BCUT2D eigenvalue weighted by molar-refractivity contribution is -0.137. The van der Waals surface area contributed by atoms with Crippen LogP contribution in [0.4, 0.5) is 18.9 Å². The highest BCUT2D eigenvalue weighted by Crippen LogP contribution is 2.35. The minimum atomic E-state index is -4.57. The molecule has 2 aromatic carbocycles. The summed E-state index contributed by atoms with van der Waals surface area (Å²) in [6, 6.07) is 11.8. The molecule has 1 aliphatic rings. The van der Waals surface area contributed by atoms with Gasteiger partial charge in [-0.25, -0.2) is 0 Å². The van der Waals surface area contributed by atoms with Crippen LogP contribution in [0.1, 0.15) is 17.5 Å². The number of oxime groups is 1. The first-order chi connectivity index (χ1) is 12.4. The van der Waals surface area contributed by atoms with Crippen molar-refractivity contribution < 1.29 is 27.5 Å². The van der Waals surface area contributed by atoms with Crippen LogP contribution >= 0.6 is 0 Å². The molecular formula is C18H15F3N2O3. The normalized spacial score (nSPS) is 16.6. The van der Waals surface area contributed by atoms with E-state index >= 15 is 0 Å². The van der Waals surface area contributed by atoms with Gasteiger partial charge in [0.25, 0.3) is 5.91 Å². The van der Waals surface area contributed by atoms with Crippen molar-refractivity contribution >= 4 is 17.3 Å². The molecule has 0 aliphatic carbocycles. The number of ether oxygens (including phenoxy) is 1. The van der Waals surface area contributed by atoms with Crippen LogP contribution < -0.4 is 10.1 Å². The van der Waals surface area contributed by atoms with E-state index < -0.39 is 23.8 Å². The van der Waals surface area contributed by atoms with E-state index in [1.165, 1.54) is 25.3 Å². The fourth-order valence-electron chi connectivity index (χ4n) is 2.61. The molecule has 1 atom stereocenters. The van der Waals surface area contributed by atoms with Crippen LogP contribution in [0, 0.1) is 0 Å². The Bertz CT molecular complexity index is 850. The molecule has 1 N–H and O–H groups in total. The van der Waals surface area contributed by atoms with Gasteiger partial charge in [-0.2, -0.15) is 13.2 Å². The van der Waals surface area contributed by atoms with Crippen molar-refractivity contribution in [1.29, 1.82) is 0 Å². The molecule has 0 spiro atoms. The number of nitrogens with zero attached hydrogens (tertiary/aromatic N) is 1. The lowest BCUT2D eigenvalue weighted by Gasteiger charge is -2.15. The molecule has 0 radical (unpaired) electrons. The first kappa shape index (κ1) is 17.8. The Morgan fingerprint density at radius 2 is 1.88 bits per heavy atom. The van der Waals surface area contributed by atoms with Gasteiger partial charge in [0.15, 0.2) is 0 Å². The average Bonchev–Trinajstić information content (AvgIpc) is 3.11. The van der Waals surface area contributed by atoms with E-state index in [-0.39, 0.29) is 12.1 Å². The molecule has 0 unspecified atom stereocenters. The van der Waals surface area contributed by atoms with Gasteiger partial charge in [-0.3, -0.25) is 4.79 Å². The van der Waals surface area contributed by atoms with Crippen LogP contribution in [0.25, 0.3) is 0 Å². The molecule has 0 saturated heterocycles. The van der Waals surface area contributed by atoms with Crippen molar-refractivity contribution in [2.75, 3.05) is 12.4 Å². The first-order valence-corrected chi connectivity index (χ1v) is 7.73. The predicted molar refractivity (Wildman–Crippen MR) is 89.1 cm³/mol. The number of hydrogen-bond donors (Lipinski definition) is 1. The van der Waals surface area contributed by atoms with Crippen molar-refractivity contribution in [1.82, 2.24) is 0 Å². The van der Waals surface area contributed by atoms with Crippen molar-refractivity contribution in [3.8, 4) is 5.75 Å². The van der Waals surface area contributed by atoms with Gasteiger partial charge >= 0.3 is 6.18 Å². The number of carbonyl (C=O) groups excluding carboxylic acids is 1. The van der Waals surface area contributed by atoms with Gasteiger partial charge in [-0.1, -0.05) is 29.4 Å². The summed E-state index contributed by atoms with van der Waals surface area (Å²) in [5, 5.41) is 6.15. The minimum Gasteiger partial charge on any atom is -0.496 e. The van der Waals surface area contributed by atoms with E-state index in [9.17, 15) is 18.0 Å². The maximum atomic E-state index is 13.0. The topological polar surface area (TPSA) is 59.9 Å². The number of nitrogens with one attached hydrogen (secondary N) is 1. The van der Waals surface area contributed by atoms with Gasteiger partial charge in [0, 0.05) is 12.0 Å². The Balaban J connectivity index is 1.72. The molecule has 0 bridgehead atoms. The molecule has 0 fully saturated rings. The summed E-state index contributed by atoms with van der Waals surface area (Å²) in [7, 11) is 1.51. The second-order valence-electron chi connectivity index (χ2n) is 5.57. The fourth-order valence-corrected chi connectivity index (χ4v) is 2.61. The van der Waals surface area contributed by atoms with Gasteiger partial charge < -0.3 is 14.9 Å². The van der Waals surface area contributed by atoms with Gasteiger partial charge in [-0.15, -0.1) is 0 Å². The summed E-state index contributed by atoms with van der Waals surface area (Å²) in [6.07, 6.45) is -5.46. The number of hydrogen-bond acceptors (Lipinski definition) is 4. The van der Waals surface area contributed by atoms with E-state index in [4.69, 9.17) is 9.57 Å². The SMILES string of the molecule is COc1ccccc1C1=NO[C@H](C(=O)Nc2ccccc2C(F)(F)F)C1. The van der Waals surface area contributed by atoms with E-state index in [1.807, 2.05) is 0 Å². The summed E-state index contributed by atoms with van der Waals surface area (Å²) in [4.78, 5) is 17.4. The molecule has 1 heterocycles. The summed E-state index contributed by atoms with van der Waals surface area (Å²) in [5.41, 5.74) is -0.0794. The minimum absolute atomic E-state index is 0.125. The Kier molecular flexibility index (Phi) is 4.83. The molecule has 1 amide bonds. The highest BCUT2D eigenvalue weighted by molar-refractivity contribution is 6.07. The molecular weight excluding hydrogens is 349 g/mol. The Hall–Kier alpha value is -3.03. The zero-order valence-corrected chi connectivity index (χ0v) is 13.7. The van der Waals surface area contributed by atoms with Crippen molar-refractivity contribution in [2.45, 2.75) is 18.7 Å². The van der Waals surface area contributed by atoms with Crippen LogP contribution in [-0.4, -0.2) is 24.8 Å². The number of methoxy groups -OCH3 is 1. The monoisotopic (exact) mass is 364 g/mol. The summed E-state index contributed by atoms with van der Waals surface area (Å²) in [6.45, 7) is 0. The van der Waals surface area contributed by atoms with E-state index in [1.54, 1.807) is 24.3 Å². The molecule has 0 saturated carbocycles. The lowest BCUT2D eigenvalue weighted by atomic mass is 10.0. The van der Waals surface area contributed by atoms with Crippen LogP contribution in [-0.2, 0) is 15.8 Å². The molecule has 1 aliphatic heterocycles. The second kappa shape index (κ2) is 7.07. The van der Waals surface area contributed by atoms with Gasteiger partial charge in [0.05, 0.1) is 24.1 Å². The van der Waals surface area contributed by atoms with Gasteiger partial charge in [0.1, 0.15) is 5.75 Å². The number of rotatable bonds is 4. The maximum absolute atomic E-state index is 13.0. The summed E-state index contributed by atoms with van der Waals surface area (Å²) >= 11 is 0. The highest BCUT2D eigenvalue weighted by atomic mass is 19.4. The molecule has 3 rings (SSSR count). The zero-order valence-electron chi connectivity index (χ0n) is 13.7. The molecule has 2 aromatic rings. The second-order valence-corrected chi connectivity index (χ2v) is 5.57. The van der Waals surface area contributed by atoms with Crippen LogP contribution in [0.2, 0.25) is 0 Å². The number of carbonyl (C=O) groups is 1. The number of halogens is 3. The summed E-state index contributed by atoms with van der Waals surface area (Å²) < 4.78 is 44.3. The van der Waals surface area contributed by atoms with E-state index in [0.29, 0.717) is 17.0 Å². The number of anilines is 1. The third kappa shape index (κ3) is 3.63. The predicted octanol–water partition coefficient (Wildman–Crippen LogP) is 3.85. The van der Waals surface area contributed by atoms with Crippen molar-refractivity contribution in [2.24, 2.45) is 5.16 Å². The van der Waals surface area contributed by atoms with Crippen LogP contribution in [0.15, 0.2) is 53.7 Å². The van der Waals surface area contributed by atoms with E-state index in [2.05, 4.69) is 10.5 Å². The van der Waals surface area contributed by atoms with E-state index in [0.717, 1.165) is 6.07 Å². The third-order valence-corrected chi connectivity index (χ3v) is 3.87. The smallest absolute Gasteiger partial charge is 0.418 e. The van der Waals surface area contributed by atoms with Crippen LogP contribution in [0.3, 0.4) is 0 Å². The number of para-hydroxylation sites is 2. The first-order valence-electron chi connectivity index (χ1n) is 7.73. The fraction of sp³-hybridized carbons (Fsp3) is 0.222. The molecule has 5 nitrogen and oxygen atoms in total. The van der Waals surface area contributed by atoms with Crippen LogP contribution in [0.5, 0.6) is 5.75 Å². The largest absolute Gasteiger partial charge is 0.496 e. The highest BCUT2D eigenvalue weighted by Gasteiger charge is 2.35. The maximum Gasteiger partial charge on any atom is 0.418 e. The third-order valence-electron chi connectivity index (χ3n) is 3.87. The number of amides is 1. The molecule has 0 aromatic heterocycles. The number of benzene rings is 2. The average molecular weight is 364 g/mol.